The summed E-state index contributed by atoms with van der Waals surface area (Å²) in [6.07, 6.45) is 7.00. The molecular weight excluding hydrogens is 400 g/mol. The van der Waals surface area contributed by atoms with Crippen LogP contribution >= 0.6 is 0 Å². The normalized spacial score (nSPS) is 22.0. The van der Waals surface area contributed by atoms with Crippen molar-refractivity contribution in [1.82, 2.24) is 19.8 Å². The first-order chi connectivity index (χ1) is 15.6. The van der Waals surface area contributed by atoms with Crippen LogP contribution in [0.25, 0.3) is 6.08 Å². The van der Waals surface area contributed by atoms with Gasteiger partial charge in [-0.25, -0.2) is 4.98 Å². The number of nitrogens with one attached hydrogen (secondary N) is 1. The fourth-order valence-electron chi connectivity index (χ4n) is 5.19. The first-order valence-electron chi connectivity index (χ1n) is 11.9. The fraction of sp³-hybridized carbons (Fsp3) is 0.500. The Kier molecular flexibility index (Phi) is 5.96. The number of nitrogens with zero attached hydrogens (tertiary/aromatic N) is 3. The van der Waals surface area contributed by atoms with E-state index in [4.69, 9.17) is 4.98 Å². The van der Waals surface area contributed by atoms with Crippen LogP contribution in [0.3, 0.4) is 0 Å². The predicted molar refractivity (Wildman–Crippen MR) is 125 cm³/mol. The Bertz CT molecular complexity index is 1070. The molecule has 1 saturated heterocycles. The van der Waals surface area contributed by atoms with Gasteiger partial charge in [0, 0.05) is 37.0 Å². The predicted octanol–water partition coefficient (Wildman–Crippen LogP) is 3.35. The third-order valence-corrected chi connectivity index (χ3v) is 7.20. The number of rotatable bonds is 5. The lowest BCUT2D eigenvalue weighted by Gasteiger charge is -2.34. The molecule has 168 valence electrons. The lowest BCUT2D eigenvalue weighted by Crippen LogP contribution is -2.43. The summed E-state index contributed by atoms with van der Waals surface area (Å²) in [5, 5.41) is 0. The zero-order valence-electron chi connectivity index (χ0n) is 18.8. The highest BCUT2D eigenvalue weighted by Gasteiger charge is 2.33. The molecule has 6 nitrogen and oxygen atoms in total. The summed E-state index contributed by atoms with van der Waals surface area (Å²) in [5.74, 6) is 1.46. The molecule has 1 atom stereocenters. The minimum absolute atomic E-state index is 0.0145. The Labute approximate surface area is 189 Å². The van der Waals surface area contributed by atoms with Gasteiger partial charge < -0.3 is 9.88 Å². The number of benzene rings is 1. The summed E-state index contributed by atoms with van der Waals surface area (Å²) in [6.45, 7) is 6.11. The second-order valence-corrected chi connectivity index (χ2v) is 9.64. The summed E-state index contributed by atoms with van der Waals surface area (Å²) in [7, 11) is 0. The molecule has 0 spiro atoms. The van der Waals surface area contributed by atoms with Gasteiger partial charge >= 0.3 is 0 Å². The van der Waals surface area contributed by atoms with Gasteiger partial charge in [0.05, 0.1) is 12.2 Å². The van der Waals surface area contributed by atoms with Crippen molar-refractivity contribution < 1.29 is 4.79 Å². The molecule has 0 bridgehead atoms. The van der Waals surface area contributed by atoms with Gasteiger partial charge in [0.2, 0.25) is 5.91 Å². The van der Waals surface area contributed by atoms with E-state index >= 15 is 0 Å². The highest BCUT2D eigenvalue weighted by atomic mass is 16.2. The van der Waals surface area contributed by atoms with Crippen LogP contribution in [0.2, 0.25) is 0 Å². The van der Waals surface area contributed by atoms with Crippen LogP contribution < -0.4 is 5.56 Å². The Morgan fingerprint density at radius 1 is 1.19 bits per heavy atom. The molecule has 1 aromatic heterocycles. The van der Waals surface area contributed by atoms with E-state index in [1.165, 1.54) is 11.1 Å². The Balaban J connectivity index is 1.26. The number of hydrogen-bond acceptors (Lipinski definition) is 4. The maximum atomic E-state index is 12.8. The van der Waals surface area contributed by atoms with Gasteiger partial charge in [-0.3, -0.25) is 14.5 Å². The number of carbonyl (C=O) groups is 1. The van der Waals surface area contributed by atoms with E-state index in [9.17, 15) is 9.59 Å². The van der Waals surface area contributed by atoms with Crippen LogP contribution in [0.5, 0.6) is 0 Å². The lowest BCUT2D eigenvalue weighted by atomic mass is 9.84. The second-order valence-electron chi connectivity index (χ2n) is 9.64. The van der Waals surface area contributed by atoms with Gasteiger partial charge in [0.1, 0.15) is 5.82 Å². The SMILES string of the molecule is C/C(=C\c1ccccc1)CN1CC[C@H](c2nc3c(c(=O)[nH]2)CCN(C(=O)C2CCC2)C3)C1. The van der Waals surface area contributed by atoms with E-state index in [0.717, 1.165) is 62.4 Å². The summed E-state index contributed by atoms with van der Waals surface area (Å²) in [5.41, 5.74) is 4.11. The molecule has 1 N–H and O–H groups in total. The first-order valence-corrected chi connectivity index (χ1v) is 11.9. The molecular formula is C26H32N4O2. The zero-order chi connectivity index (χ0) is 22.1. The summed E-state index contributed by atoms with van der Waals surface area (Å²) in [4.78, 5) is 37.8. The summed E-state index contributed by atoms with van der Waals surface area (Å²) in [6, 6.07) is 10.4. The van der Waals surface area contributed by atoms with Crippen LogP contribution in [0, 0.1) is 5.92 Å². The molecule has 32 heavy (non-hydrogen) atoms. The van der Waals surface area contributed by atoms with Crippen molar-refractivity contribution in [3.63, 3.8) is 0 Å². The van der Waals surface area contributed by atoms with Crippen LogP contribution in [0.1, 0.15) is 61.2 Å². The van der Waals surface area contributed by atoms with E-state index in [2.05, 4.69) is 47.1 Å². The summed E-state index contributed by atoms with van der Waals surface area (Å²) < 4.78 is 0. The van der Waals surface area contributed by atoms with Gasteiger partial charge in [-0.15, -0.1) is 0 Å². The molecule has 1 saturated carbocycles. The fourth-order valence-corrected chi connectivity index (χ4v) is 5.19. The molecule has 1 aromatic carbocycles. The lowest BCUT2D eigenvalue weighted by molar-refractivity contribution is -0.139. The van der Waals surface area contributed by atoms with Crippen LogP contribution in [0.15, 0.2) is 40.7 Å². The molecule has 3 aliphatic rings. The molecule has 2 aromatic rings. The second kappa shape index (κ2) is 9.02. The van der Waals surface area contributed by atoms with E-state index in [1.807, 2.05) is 11.0 Å². The average molecular weight is 433 g/mol. The van der Waals surface area contributed by atoms with Crippen molar-refractivity contribution in [3.8, 4) is 0 Å². The standard InChI is InChI=1S/C26H32N4O2/c1-18(14-19-6-3-2-4-7-19)15-29-12-10-21(16-29)24-27-23-17-30(26(32)20-8-5-9-20)13-11-22(23)25(31)28-24/h2-4,6-7,14,20-21H,5,8-13,15-17H2,1H3,(H,27,28,31)/b18-14+/t21-/m0/s1. The number of aromatic nitrogens is 2. The molecule has 5 rings (SSSR count). The van der Waals surface area contributed by atoms with Gasteiger partial charge in [0.15, 0.2) is 0 Å². The monoisotopic (exact) mass is 432 g/mol. The van der Waals surface area contributed by atoms with Gasteiger partial charge in [0.25, 0.3) is 5.56 Å². The van der Waals surface area contributed by atoms with Crippen LogP contribution in [-0.2, 0) is 17.8 Å². The maximum Gasteiger partial charge on any atom is 0.254 e. The number of likely N-dealkylation sites (tertiary alicyclic amines) is 1. The van der Waals surface area contributed by atoms with Crippen LogP contribution in [0.4, 0.5) is 0 Å². The quantitative estimate of drug-likeness (QED) is 0.787. The number of aromatic amines is 1. The number of amides is 1. The van der Waals surface area contributed by atoms with Crippen molar-refractivity contribution >= 4 is 12.0 Å². The van der Waals surface area contributed by atoms with Crippen molar-refractivity contribution in [3.05, 3.63) is 68.9 Å². The Hall–Kier alpha value is -2.73. The molecule has 1 amide bonds. The minimum atomic E-state index is -0.0145. The highest BCUT2D eigenvalue weighted by molar-refractivity contribution is 5.79. The van der Waals surface area contributed by atoms with Crippen molar-refractivity contribution in [2.75, 3.05) is 26.2 Å². The van der Waals surface area contributed by atoms with Crippen LogP contribution in [-0.4, -0.2) is 51.9 Å². The minimum Gasteiger partial charge on any atom is -0.336 e. The molecule has 6 heteroatoms. The van der Waals surface area contributed by atoms with Gasteiger partial charge in [-0.05, 0) is 44.7 Å². The third kappa shape index (κ3) is 4.42. The van der Waals surface area contributed by atoms with E-state index < -0.39 is 0 Å². The van der Waals surface area contributed by atoms with E-state index in [0.29, 0.717) is 19.5 Å². The molecule has 2 fully saturated rings. The topological polar surface area (TPSA) is 69.3 Å². The highest BCUT2D eigenvalue weighted by Crippen LogP contribution is 2.30. The molecule has 3 heterocycles. The van der Waals surface area contributed by atoms with Gasteiger partial charge in [-0.2, -0.15) is 0 Å². The largest absolute Gasteiger partial charge is 0.336 e. The molecule has 1 aliphatic carbocycles. The number of fused-ring (bicyclic) bond motifs is 1. The number of H-pyrrole nitrogens is 1. The first kappa shape index (κ1) is 21.1. The van der Waals surface area contributed by atoms with E-state index in [-0.39, 0.29) is 23.3 Å². The number of hydrogen-bond donors (Lipinski definition) is 1. The smallest absolute Gasteiger partial charge is 0.254 e. The maximum absolute atomic E-state index is 12.8. The molecule has 0 radical (unpaired) electrons. The Morgan fingerprint density at radius 2 is 2.00 bits per heavy atom. The average Bonchev–Trinajstić information content (AvgIpc) is 3.21. The van der Waals surface area contributed by atoms with Gasteiger partial charge in [-0.1, -0.05) is 48.4 Å². The zero-order valence-corrected chi connectivity index (χ0v) is 18.8. The van der Waals surface area contributed by atoms with Crippen molar-refractivity contribution in [1.29, 1.82) is 0 Å². The number of carbonyl (C=O) groups excluding carboxylic acids is 1. The molecule has 0 unspecified atom stereocenters. The van der Waals surface area contributed by atoms with Crippen molar-refractivity contribution in [2.45, 2.75) is 51.5 Å². The van der Waals surface area contributed by atoms with E-state index in [1.54, 1.807) is 0 Å². The molecule has 2 aliphatic heterocycles. The third-order valence-electron chi connectivity index (χ3n) is 7.20. The summed E-state index contributed by atoms with van der Waals surface area (Å²) >= 11 is 0. The van der Waals surface area contributed by atoms with Crippen molar-refractivity contribution in [2.24, 2.45) is 5.92 Å². The Morgan fingerprint density at radius 3 is 2.75 bits per heavy atom.